The summed E-state index contributed by atoms with van der Waals surface area (Å²) in [6.07, 6.45) is 8.14. The van der Waals surface area contributed by atoms with Gasteiger partial charge in [0.2, 0.25) is 0 Å². The van der Waals surface area contributed by atoms with Crippen LogP contribution >= 0.6 is 0 Å². The Kier molecular flexibility index (Phi) is 6.93. The van der Waals surface area contributed by atoms with Crippen molar-refractivity contribution in [1.29, 1.82) is 0 Å². The monoisotopic (exact) mass is 296 g/mol. The SMILES string of the molecule is CCN(CCN1CCN(C)CC1)C1(CN)CCCCCC1. The van der Waals surface area contributed by atoms with Crippen molar-refractivity contribution in [3.63, 3.8) is 0 Å². The van der Waals surface area contributed by atoms with Crippen LogP contribution in [0.25, 0.3) is 0 Å². The molecule has 0 bridgehead atoms. The summed E-state index contributed by atoms with van der Waals surface area (Å²) in [7, 11) is 2.23. The molecular formula is C17H36N4. The van der Waals surface area contributed by atoms with E-state index in [9.17, 15) is 0 Å². The van der Waals surface area contributed by atoms with Crippen LogP contribution in [0.5, 0.6) is 0 Å². The second-order valence-electron chi connectivity index (χ2n) is 7.07. The van der Waals surface area contributed by atoms with Crippen molar-refractivity contribution in [2.24, 2.45) is 5.73 Å². The highest BCUT2D eigenvalue weighted by Gasteiger charge is 2.34. The lowest BCUT2D eigenvalue weighted by atomic mass is 9.88. The summed E-state index contributed by atoms with van der Waals surface area (Å²) < 4.78 is 0. The van der Waals surface area contributed by atoms with Crippen LogP contribution in [0.4, 0.5) is 0 Å². The Morgan fingerprint density at radius 3 is 2.14 bits per heavy atom. The van der Waals surface area contributed by atoms with Gasteiger partial charge in [0.05, 0.1) is 0 Å². The minimum atomic E-state index is 0.290. The Bertz CT molecular complexity index is 279. The minimum absolute atomic E-state index is 0.290. The predicted molar refractivity (Wildman–Crippen MR) is 90.7 cm³/mol. The van der Waals surface area contributed by atoms with Gasteiger partial charge in [-0.05, 0) is 26.4 Å². The van der Waals surface area contributed by atoms with Gasteiger partial charge in [-0.25, -0.2) is 0 Å². The van der Waals surface area contributed by atoms with Crippen LogP contribution in [0, 0.1) is 0 Å². The van der Waals surface area contributed by atoms with Crippen LogP contribution < -0.4 is 5.73 Å². The molecule has 1 heterocycles. The van der Waals surface area contributed by atoms with Gasteiger partial charge in [0, 0.05) is 51.4 Å². The third-order valence-electron chi connectivity index (χ3n) is 5.75. The first kappa shape index (κ1) is 17.2. The molecule has 1 aliphatic carbocycles. The van der Waals surface area contributed by atoms with Gasteiger partial charge >= 0.3 is 0 Å². The molecule has 0 aromatic heterocycles. The van der Waals surface area contributed by atoms with E-state index in [0.717, 1.165) is 13.1 Å². The fourth-order valence-corrected chi connectivity index (χ4v) is 4.10. The van der Waals surface area contributed by atoms with Crippen LogP contribution in [0.2, 0.25) is 0 Å². The Morgan fingerprint density at radius 1 is 1.00 bits per heavy atom. The molecule has 1 aliphatic heterocycles. The topological polar surface area (TPSA) is 35.7 Å². The van der Waals surface area contributed by atoms with Gasteiger partial charge in [-0.2, -0.15) is 0 Å². The number of nitrogens with zero attached hydrogens (tertiary/aromatic N) is 3. The van der Waals surface area contributed by atoms with Gasteiger partial charge in [-0.1, -0.05) is 32.6 Å². The first-order valence-electron chi connectivity index (χ1n) is 9.06. The van der Waals surface area contributed by atoms with Gasteiger partial charge in [0.1, 0.15) is 0 Å². The molecule has 2 rings (SSSR count). The van der Waals surface area contributed by atoms with E-state index in [2.05, 4.69) is 28.7 Å². The summed E-state index contributed by atoms with van der Waals surface area (Å²) in [6.45, 7) is 11.6. The fraction of sp³-hybridized carbons (Fsp3) is 1.00. The van der Waals surface area contributed by atoms with E-state index in [4.69, 9.17) is 5.73 Å². The molecule has 0 amide bonds. The maximum Gasteiger partial charge on any atom is 0.0332 e. The lowest BCUT2D eigenvalue weighted by Crippen LogP contribution is -2.56. The molecule has 124 valence electrons. The fourth-order valence-electron chi connectivity index (χ4n) is 4.10. The second kappa shape index (κ2) is 8.47. The smallest absolute Gasteiger partial charge is 0.0332 e. The van der Waals surface area contributed by atoms with E-state index in [1.807, 2.05) is 0 Å². The van der Waals surface area contributed by atoms with E-state index >= 15 is 0 Å². The van der Waals surface area contributed by atoms with E-state index in [0.29, 0.717) is 0 Å². The van der Waals surface area contributed by atoms with Crippen LogP contribution in [0.15, 0.2) is 0 Å². The molecule has 2 N–H and O–H groups in total. The second-order valence-corrected chi connectivity index (χ2v) is 7.07. The Morgan fingerprint density at radius 2 is 1.62 bits per heavy atom. The van der Waals surface area contributed by atoms with E-state index < -0.39 is 0 Å². The summed E-state index contributed by atoms with van der Waals surface area (Å²) >= 11 is 0. The number of piperazine rings is 1. The first-order chi connectivity index (χ1) is 10.2. The lowest BCUT2D eigenvalue weighted by molar-refractivity contribution is 0.0616. The predicted octanol–water partition coefficient (Wildman–Crippen LogP) is 1.61. The maximum atomic E-state index is 6.25. The highest BCUT2D eigenvalue weighted by molar-refractivity contribution is 4.93. The summed E-state index contributed by atoms with van der Waals surface area (Å²) in [4.78, 5) is 7.76. The summed E-state index contributed by atoms with van der Waals surface area (Å²) in [6, 6.07) is 0. The maximum absolute atomic E-state index is 6.25. The van der Waals surface area contributed by atoms with Crippen molar-refractivity contribution in [1.82, 2.24) is 14.7 Å². The molecule has 1 saturated carbocycles. The molecule has 0 aromatic carbocycles. The minimum Gasteiger partial charge on any atom is -0.329 e. The van der Waals surface area contributed by atoms with E-state index in [1.165, 1.54) is 77.8 Å². The van der Waals surface area contributed by atoms with Crippen molar-refractivity contribution in [3.05, 3.63) is 0 Å². The largest absolute Gasteiger partial charge is 0.329 e. The molecule has 0 atom stereocenters. The summed E-state index contributed by atoms with van der Waals surface area (Å²) in [5, 5.41) is 0. The molecule has 1 saturated heterocycles. The van der Waals surface area contributed by atoms with Crippen molar-refractivity contribution >= 4 is 0 Å². The third kappa shape index (κ3) is 4.65. The Hall–Kier alpha value is -0.160. The van der Waals surface area contributed by atoms with Crippen LogP contribution in [-0.2, 0) is 0 Å². The Labute approximate surface area is 131 Å². The Balaban J connectivity index is 1.88. The van der Waals surface area contributed by atoms with Gasteiger partial charge in [0.25, 0.3) is 0 Å². The molecule has 0 aromatic rings. The standard InChI is InChI=1S/C17H36N4/c1-3-21(15-14-20-12-10-19(2)11-13-20)17(16-18)8-6-4-5-7-9-17/h3-16,18H2,1-2H3. The van der Waals surface area contributed by atoms with Gasteiger partial charge in [-0.15, -0.1) is 0 Å². The molecular weight excluding hydrogens is 260 g/mol. The zero-order valence-corrected chi connectivity index (χ0v) is 14.3. The molecule has 4 heteroatoms. The van der Waals surface area contributed by atoms with Gasteiger partial charge in [0.15, 0.2) is 0 Å². The molecule has 0 radical (unpaired) electrons. The number of nitrogens with two attached hydrogens (primary N) is 1. The van der Waals surface area contributed by atoms with Crippen molar-refractivity contribution in [3.8, 4) is 0 Å². The molecule has 21 heavy (non-hydrogen) atoms. The molecule has 0 unspecified atom stereocenters. The zero-order chi connectivity index (χ0) is 15.1. The van der Waals surface area contributed by atoms with Crippen LogP contribution in [-0.4, -0.2) is 79.6 Å². The molecule has 2 aliphatic rings. The molecule has 4 nitrogen and oxygen atoms in total. The first-order valence-corrected chi connectivity index (χ1v) is 9.06. The lowest BCUT2D eigenvalue weighted by Gasteiger charge is -2.44. The van der Waals surface area contributed by atoms with Crippen LogP contribution in [0.3, 0.4) is 0 Å². The number of hydrogen-bond acceptors (Lipinski definition) is 4. The normalized spacial score (nSPS) is 25.1. The average Bonchev–Trinajstić information content (AvgIpc) is 2.76. The third-order valence-corrected chi connectivity index (χ3v) is 5.75. The quantitative estimate of drug-likeness (QED) is 0.756. The van der Waals surface area contributed by atoms with Gasteiger partial charge in [-0.3, -0.25) is 9.80 Å². The number of likely N-dealkylation sites (N-methyl/N-ethyl adjacent to an activating group) is 2. The van der Waals surface area contributed by atoms with Gasteiger partial charge < -0.3 is 10.6 Å². The highest BCUT2D eigenvalue weighted by atomic mass is 15.3. The van der Waals surface area contributed by atoms with Crippen LogP contribution in [0.1, 0.15) is 45.4 Å². The zero-order valence-electron chi connectivity index (χ0n) is 14.3. The van der Waals surface area contributed by atoms with Crippen molar-refractivity contribution in [2.45, 2.75) is 51.0 Å². The summed E-state index contributed by atoms with van der Waals surface area (Å²) in [5.41, 5.74) is 6.54. The molecule has 0 spiro atoms. The highest BCUT2D eigenvalue weighted by Crippen LogP contribution is 2.31. The number of hydrogen-bond donors (Lipinski definition) is 1. The van der Waals surface area contributed by atoms with Crippen molar-refractivity contribution in [2.75, 3.05) is 59.4 Å². The summed E-state index contributed by atoms with van der Waals surface area (Å²) in [5.74, 6) is 0. The number of rotatable bonds is 6. The average molecular weight is 297 g/mol. The van der Waals surface area contributed by atoms with Crippen molar-refractivity contribution < 1.29 is 0 Å². The molecule has 2 fully saturated rings. The van der Waals surface area contributed by atoms with E-state index in [-0.39, 0.29) is 5.54 Å². The van der Waals surface area contributed by atoms with E-state index in [1.54, 1.807) is 0 Å².